The van der Waals surface area contributed by atoms with Crippen LogP contribution in [0.15, 0.2) is 42.6 Å². The van der Waals surface area contributed by atoms with E-state index in [2.05, 4.69) is 15.4 Å². The van der Waals surface area contributed by atoms with E-state index in [4.69, 9.17) is 10.5 Å². The fourth-order valence-electron chi connectivity index (χ4n) is 4.67. The molecule has 1 saturated carbocycles. The Kier molecular flexibility index (Phi) is 8.01. The Labute approximate surface area is 245 Å². The molecular weight excluding hydrogens is 596 g/mol. The molecule has 2 aromatic carbocycles. The number of nitrogens with zero attached hydrogens (tertiary/aromatic N) is 3. The smallest absolute Gasteiger partial charge is 0.424 e. The number of aromatic nitrogens is 3. The molecule has 0 radical (unpaired) electrons. The average Bonchev–Trinajstić information content (AvgIpc) is 3.72. The van der Waals surface area contributed by atoms with Crippen LogP contribution in [0.5, 0.6) is 5.75 Å². The molecule has 1 fully saturated rings. The van der Waals surface area contributed by atoms with Crippen LogP contribution in [0.1, 0.15) is 47.4 Å². The Morgan fingerprint density at radius 1 is 1.09 bits per heavy atom. The SMILES string of the molecule is CCOc1c(CC(N)=O)cc([C@@](O)(CNC(=O)c2ccc3nn(C4CC4)cc3c2)C(F)(F)F)nc1-c1cc(F)c(F)cc1F. The number of pyridine rings is 1. The van der Waals surface area contributed by atoms with E-state index in [1.807, 2.05) is 0 Å². The number of fused-ring (bicyclic) bond motifs is 1. The molecule has 4 aromatic rings. The molecule has 0 spiro atoms. The molecule has 2 heterocycles. The minimum Gasteiger partial charge on any atom is -0.491 e. The third kappa shape index (κ3) is 5.91. The monoisotopic (exact) mass is 621 g/mol. The molecule has 2 amide bonds. The maximum atomic E-state index is 14.9. The van der Waals surface area contributed by atoms with Gasteiger partial charge in [0.2, 0.25) is 11.5 Å². The molecule has 232 valence electrons. The van der Waals surface area contributed by atoms with Crippen molar-refractivity contribution in [3.8, 4) is 17.0 Å². The topological polar surface area (TPSA) is 132 Å². The first-order valence-electron chi connectivity index (χ1n) is 13.4. The van der Waals surface area contributed by atoms with Crippen LogP contribution in [-0.2, 0) is 16.8 Å². The Balaban J connectivity index is 1.56. The second kappa shape index (κ2) is 11.4. The first kappa shape index (κ1) is 30.8. The number of alkyl halides is 3. The first-order chi connectivity index (χ1) is 20.7. The van der Waals surface area contributed by atoms with E-state index in [9.17, 15) is 41.0 Å². The summed E-state index contributed by atoms with van der Waals surface area (Å²) in [5, 5.41) is 18.1. The van der Waals surface area contributed by atoms with Gasteiger partial charge in [-0.15, -0.1) is 0 Å². The number of nitrogens with one attached hydrogen (secondary N) is 1. The normalized spacial score (nSPS) is 14.8. The maximum absolute atomic E-state index is 14.9. The van der Waals surface area contributed by atoms with Crippen molar-refractivity contribution in [3.05, 3.63) is 76.9 Å². The summed E-state index contributed by atoms with van der Waals surface area (Å²) in [5.41, 5.74) is -1.19. The van der Waals surface area contributed by atoms with Crippen LogP contribution in [0.4, 0.5) is 26.3 Å². The zero-order chi connectivity index (χ0) is 32.0. The minimum atomic E-state index is -5.50. The maximum Gasteiger partial charge on any atom is 0.424 e. The van der Waals surface area contributed by atoms with Crippen molar-refractivity contribution in [2.24, 2.45) is 5.73 Å². The number of carbonyl (C=O) groups excluding carboxylic acids is 2. The number of hydrogen-bond donors (Lipinski definition) is 3. The molecule has 15 heteroatoms. The third-order valence-electron chi connectivity index (χ3n) is 7.07. The number of aliphatic hydroxyl groups is 1. The molecule has 0 aliphatic heterocycles. The van der Waals surface area contributed by atoms with Gasteiger partial charge >= 0.3 is 6.18 Å². The van der Waals surface area contributed by atoms with Gasteiger partial charge in [0.25, 0.3) is 5.91 Å². The number of primary amides is 1. The van der Waals surface area contributed by atoms with Gasteiger partial charge in [-0.25, -0.2) is 18.2 Å². The number of nitrogens with two attached hydrogens (primary N) is 1. The molecule has 44 heavy (non-hydrogen) atoms. The number of rotatable bonds is 10. The van der Waals surface area contributed by atoms with Crippen LogP contribution in [0.3, 0.4) is 0 Å². The number of carbonyl (C=O) groups is 2. The van der Waals surface area contributed by atoms with Gasteiger partial charge in [-0.3, -0.25) is 14.3 Å². The minimum absolute atomic E-state index is 0.0176. The molecule has 2 aromatic heterocycles. The van der Waals surface area contributed by atoms with Crippen molar-refractivity contribution in [1.82, 2.24) is 20.1 Å². The third-order valence-corrected chi connectivity index (χ3v) is 7.07. The number of hydrogen-bond acceptors (Lipinski definition) is 6. The summed E-state index contributed by atoms with van der Waals surface area (Å²) in [6.07, 6.45) is -2.61. The summed E-state index contributed by atoms with van der Waals surface area (Å²) in [4.78, 5) is 28.6. The second-order valence-corrected chi connectivity index (χ2v) is 10.3. The van der Waals surface area contributed by atoms with Gasteiger partial charge in [0.15, 0.2) is 11.6 Å². The lowest BCUT2D eigenvalue weighted by atomic mass is 9.93. The summed E-state index contributed by atoms with van der Waals surface area (Å²) < 4.78 is 93.5. The van der Waals surface area contributed by atoms with E-state index in [1.54, 1.807) is 10.9 Å². The lowest BCUT2D eigenvalue weighted by Crippen LogP contribution is -2.51. The Bertz CT molecular complexity index is 1770. The number of ether oxygens (including phenoxy) is 1. The number of benzene rings is 2. The highest BCUT2D eigenvalue weighted by molar-refractivity contribution is 5.98. The standard InChI is InChI=1S/C29H25F6N5O4/c1-2-44-26-15(9-24(36)41)8-23(38-25(26)18-10-20(31)21(32)11-19(18)30)28(43,29(33,34)35)13-37-27(42)14-3-6-22-16(7-14)12-40(39-22)17-4-5-17/h3,6-8,10-12,17,43H,2,4-5,9,13H2,1H3,(H2,36,41)(H,37,42)/t28-/m0/s1. The van der Waals surface area contributed by atoms with Crippen LogP contribution in [0.25, 0.3) is 22.2 Å². The molecular formula is C29H25F6N5O4. The van der Waals surface area contributed by atoms with Gasteiger partial charge in [0.05, 0.1) is 36.8 Å². The van der Waals surface area contributed by atoms with Crippen LogP contribution in [-0.4, -0.2) is 51.0 Å². The van der Waals surface area contributed by atoms with Crippen molar-refractivity contribution in [3.63, 3.8) is 0 Å². The fourth-order valence-corrected chi connectivity index (χ4v) is 4.67. The zero-order valence-electron chi connectivity index (χ0n) is 23.0. The molecule has 1 atom stereocenters. The highest BCUT2D eigenvalue weighted by Crippen LogP contribution is 2.42. The highest BCUT2D eigenvalue weighted by atomic mass is 19.4. The van der Waals surface area contributed by atoms with E-state index >= 15 is 0 Å². The van der Waals surface area contributed by atoms with Crippen LogP contribution >= 0.6 is 0 Å². The summed E-state index contributed by atoms with van der Waals surface area (Å²) in [7, 11) is 0. The van der Waals surface area contributed by atoms with Crippen LogP contribution in [0, 0.1) is 17.5 Å². The van der Waals surface area contributed by atoms with E-state index in [0.29, 0.717) is 23.0 Å². The van der Waals surface area contributed by atoms with Gasteiger partial charge < -0.3 is 20.9 Å². The van der Waals surface area contributed by atoms with Crippen molar-refractivity contribution < 1.29 is 45.8 Å². The van der Waals surface area contributed by atoms with E-state index in [1.165, 1.54) is 25.1 Å². The van der Waals surface area contributed by atoms with Crippen molar-refractivity contribution in [2.75, 3.05) is 13.2 Å². The van der Waals surface area contributed by atoms with Gasteiger partial charge in [-0.05, 0) is 50.1 Å². The van der Waals surface area contributed by atoms with Gasteiger partial charge in [0, 0.05) is 34.3 Å². The Morgan fingerprint density at radius 2 is 1.80 bits per heavy atom. The summed E-state index contributed by atoms with van der Waals surface area (Å²) >= 11 is 0. The largest absolute Gasteiger partial charge is 0.491 e. The van der Waals surface area contributed by atoms with E-state index in [-0.39, 0.29) is 29.8 Å². The number of halogens is 6. The fraction of sp³-hybridized carbons (Fsp3) is 0.310. The molecule has 9 nitrogen and oxygen atoms in total. The molecule has 1 aliphatic carbocycles. The van der Waals surface area contributed by atoms with E-state index in [0.717, 1.165) is 12.8 Å². The molecule has 1 aliphatic rings. The van der Waals surface area contributed by atoms with Gasteiger partial charge in [-0.2, -0.15) is 18.3 Å². The van der Waals surface area contributed by atoms with Crippen molar-refractivity contribution in [1.29, 1.82) is 0 Å². The second-order valence-electron chi connectivity index (χ2n) is 10.3. The highest BCUT2D eigenvalue weighted by Gasteiger charge is 2.57. The Morgan fingerprint density at radius 3 is 2.43 bits per heavy atom. The predicted octanol–water partition coefficient (Wildman–Crippen LogP) is 4.46. The van der Waals surface area contributed by atoms with Crippen molar-refractivity contribution in [2.45, 2.75) is 44.0 Å². The van der Waals surface area contributed by atoms with Crippen LogP contribution in [0.2, 0.25) is 0 Å². The molecule has 0 bridgehead atoms. The Hall–Kier alpha value is -4.66. The predicted molar refractivity (Wildman–Crippen MR) is 144 cm³/mol. The molecule has 5 rings (SSSR count). The summed E-state index contributed by atoms with van der Waals surface area (Å²) in [5.74, 6) is -6.99. The quantitative estimate of drug-likeness (QED) is 0.177. The van der Waals surface area contributed by atoms with Crippen LogP contribution < -0.4 is 15.8 Å². The van der Waals surface area contributed by atoms with E-state index < -0.39 is 76.7 Å². The molecule has 0 unspecified atom stereocenters. The lowest BCUT2D eigenvalue weighted by molar-refractivity contribution is -0.265. The molecule has 0 saturated heterocycles. The van der Waals surface area contributed by atoms with Gasteiger partial charge in [0.1, 0.15) is 17.3 Å². The van der Waals surface area contributed by atoms with Gasteiger partial charge in [-0.1, -0.05) is 0 Å². The molecule has 4 N–H and O–H groups in total. The van der Waals surface area contributed by atoms with Crippen molar-refractivity contribution >= 4 is 22.7 Å². The average molecular weight is 622 g/mol. The first-order valence-corrected chi connectivity index (χ1v) is 13.4. The summed E-state index contributed by atoms with van der Waals surface area (Å²) in [6, 6.07) is 5.77. The lowest BCUT2D eigenvalue weighted by Gasteiger charge is -2.31. The number of amides is 2. The summed E-state index contributed by atoms with van der Waals surface area (Å²) in [6.45, 7) is -0.163. The zero-order valence-corrected chi connectivity index (χ0v) is 23.0.